The van der Waals surface area contributed by atoms with Crippen molar-refractivity contribution < 1.29 is 28.5 Å². The molecule has 0 aliphatic rings. The van der Waals surface area contributed by atoms with Gasteiger partial charge in [-0.3, -0.25) is 0 Å². The molecule has 0 saturated carbocycles. The Kier molecular flexibility index (Phi) is 3.30. The van der Waals surface area contributed by atoms with Crippen LogP contribution in [0.3, 0.4) is 0 Å². The second-order valence-corrected chi connectivity index (χ2v) is 3.14. The van der Waals surface area contributed by atoms with Crippen molar-refractivity contribution in [3.63, 3.8) is 0 Å². The van der Waals surface area contributed by atoms with Gasteiger partial charge in [0.2, 0.25) is 0 Å². The predicted octanol–water partition coefficient (Wildman–Crippen LogP) is 1.11. The first-order valence-corrected chi connectivity index (χ1v) is 4.29. The first kappa shape index (κ1) is 12.6. The van der Waals surface area contributed by atoms with Crippen molar-refractivity contribution in [2.24, 2.45) is 5.73 Å². The summed E-state index contributed by atoms with van der Waals surface area (Å²) in [5.41, 5.74) is 2.99. The maximum atomic E-state index is 12.5. The molecule has 0 bridgehead atoms. The van der Waals surface area contributed by atoms with E-state index in [1.165, 1.54) is 0 Å². The van der Waals surface area contributed by atoms with Crippen LogP contribution in [-0.2, 0) is 6.18 Å². The van der Waals surface area contributed by atoms with Gasteiger partial charge in [0.05, 0.1) is 11.7 Å². The highest BCUT2D eigenvalue weighted by Gasteiger charge is 2.37. The van der Waals surface area contributed by atoms with Crippen molar-refractivity contribution >= 4 is 0 Å². The molecular formula is C9H10F3NO3. The number of nitrogens with two attached hydrogens (primary N) is 1. The summed E-state index contributed by atoms with van der Waals surface area (Å²) >= 11 is 0. The van der Waals surface area contributed by atoms with Gasteiger partial charge in [0.15, 0.2) is 11.5 Å². The Labute approximate surface area is 88.7 Å². The van der Waals surface area contributed by atoms with Crippen LogP contribution < -0.4 is 5.73 Å². The maximum Gasteiger partial charge on any atom is 0.416 e. The van der Waals surface area contributed by atoms with Crippen molar-refractivity contribution in [1.29, 1.82) is 0 Å². The summed E-state index contributed by atoms with van der Waals surface area (Å²) in [6.07, 6.45) is -6.43. The first-order valence-electron chi connectivity index (χ1n) is 4.29. The Morgan fingerprint density at radius 2 is 1.81 bits per heavy atom. The van der Waals surface area contributed by atoms with Gasteiger partial charge >= 0.3 is 6.18 Å². The van der Waals surface area contributed by atoms with Crippen LogP contribution >= 0.6 is 0 Å². The lowest BCUT2D eigenvalue weighted by Crippen LogP contribution is -2.17. The van der Waals surface area contributed by atoms with Crippen molar-refractivity contribution in [3.8, 4) is 11.5 Å². The van der Waals surface area contributed by atoms with Crippen molar-refractivity contribution in [3.05, 3.63) is 23.3 Å². The molecule has 1 atom stereocenters. The van der Waals surface area contributed by atoms with Crippen LogP contribution in [0, 0.1) is 0 Å². The summed E-state index contributed by atoms with van der Waals surface area (Å²) in [4.78, 5) is 0. The van der Waals surface area contributed by atoms with E-state index in [1.54, 1.807) is 0 Å². The summed E-state index contributed by atoms with van der Waals surface area (Å²) in [7, 11) is 0. The van der Waals surface area contributed by atoms with Crippen LogP contribution in [0.2, 0.25) is 0 Å². The second kappa shape index (κ2) is 4.18. The van der Waals surface area contributed by atoms with Gasteiger partial charge in [0.25, 0.3) is 0 Å². The van der Waals surface area contributed by atoms with Crippen molar-refractivity contribution in [1.82, 2.24) is 0 Å². The molecule has 1 aromatic rings. The number of benzene rings is 1. The number of aliphatic hydroxyl groups is 1. The molecular weight excluding hydrogens is 227 g/mol. The molecule has 1 rings (SSSR count). The number of hydrogen-bond donors (Lipinski definition) is 4. The average Bonchev–Trinajstić information content (AvgIpc) is 2.19. The van der Waals surface area contributed by atoms with Gasteiger partial charge in [0, 0.05) is 12.1 Å². The molecule has 0 radical (unpaired) electrons. The highest BCUT2D eigenvalue weighted by molar-refractivity contribution is 5.51. The van der Waals surface area contributed by atoms with Crippen molar-refractivity contribution in [2.45, 2.75) is 12.3 Å². The Morgan fingerprint density at radius 1 is 1.25 bits per heavy atom. The third-order valence-corrected chi connectivity index (χ3v) is 2.06. The molecule has 0 fully saturated rings. The molecule has 0 heterocycles. The third-order valence-electron chi connectivity index (χ3n) is 2.06. The SMILES string of the molecule is NCC(O)c1c(C(F)(F)F)ccc(O)c1O. The molecule has 0 aromatic heterocycles. The smallest absolute Gasteiger partial charge is 0.416 e. The Morgan fingerprint density at radius 3 is 2.25 bits per heavy atom. The highest BCUT2D eigenvalue weighted by atomic mass is 19.4. The van der Waals surface area contributed by atoms with Crippen LogP contribution in [-0.4, -0.2) is 21.9 Å². The lowest BCUT2D eigenvalue weighted by Gasteiger charge is -2.18. The van der Waals surface area contributed by atoms with Crippen LogP contribution in [0.25, 0.3) is 0 Å². The summed E-state index contributed by atoms with van der Waals surface area (Å²) in [5, 5.41) is 27.6. The summed E-state index contributed by atoms with van der Waals surface area (Å²) in [5.74, 6) is -1.75. The van der Waals surface area contributed by atoms with Crippen LogP contribution in [0.5, 0.6) is 11.5 Å². The number of alkyl halides is 3. The number of hydrogen-bond acceptors (Lipinski definition) is 4. The Balaban J connectivity index is 3.45. The molecule has 0 amide bonds. The van der Waals surface area contributed by atoms with Crippen LogP contribution in [0.15, 0.2) is 12.1 Å². The number of aromatic hydroxyl groups is 2. The fourth-order valence-electron chi connectivity index (χ4n) is 1.30. The lowest BCUT2D eigenvalue weighted by molar-refractivity contribution is -0.139. The van der Waals surface area contributed by atoms with Crippen LogP contribution in [0.1, 0.15) is 17.2 Å². The van der Waals surface area contributed by atoms with E-state index in [0.717, 1.165) is 0 Å². The largest absolute Gasteiger partial charge is 0.504 e. The zero-order chi connectivity index (χ0) is 12.5. The van der Waals surface area contributed by atoms with E-state index in [0.29, 0.717) is 12.1 Å². The quantitative estimate of drug-likeness (QED) is 0.580. The van der Waals surface area contributed by atoms with Crippen molar-refractivity contribution in [2.75, 3.05) is 6.54 Å². The highest BCUT2D eigenvalue weighted by Crippen LogP contribution is 2.42. The minimum atomic E-state index is -4.74. The number of halogens is 3. The fraction of sp³-hybridized carbons (Fsp3) is 0.333. The molecule has 0 aliphatic carbocycles. The molecule has 0 saturated heterocycles. The maximum absolute atomic E-state index is 12.5. The van der Waals surface area contributed by atoms with Gasteiger partial charge in [0.1, 0.15) is 0 Å². The van der Waals surface area contributed by atoms with E-state index >= 15 is 0 Å². The molecule has 0 spiro atoms. The number of phenolic OH excluding ortho intramolecular Hbond substituents is 2. The monoisotopic (exact) mass is 237 g/mol. The fourth-order valence-corrected chi connectivity index (χ4v) is 1.30. The zero-order valence-electron chi connectivity index (χ0n) is 7.99. The van der Waals surface area contributed by atoms with E-state index in [9.17, 15) is 23.4 Å². The molecule has 0 aliphatic heterocycles. The average molecular weight is 237 g/mol. The summed E-state index contributed by atoms with van der Waals surface area (Å²) < 4.78 is 37.5. The van der Waals surface area contributed by atoms with Gasteiger partial charge < -0.3 is 21.1 Å². The lowest BCUT2D eigenvalue weighted by atomic mass is 10.00. The van der Waals surface area contributed by atoms with E-state index in [1.807, 2.05) is 0 Å². The molecule has 1 unspecified atom stereocenters. The Hall–Kier alpha value is -1.47. The van der Waals surface area contributed by atoms with E-state index in [-0.39, 0.29) is 0 Å². The first-order chi connectivity index (χ1) is 7.29. The van der Waals surface area contributed by atoms with E-state index in [2.05, 4.69) is 0 Å². The molecule has 16 heavy (non-hydrogen) atoms. The van der Waals surface area contributed by atoms with E-state index in [4.69, 9.17) is 10.8 Å². The number of phenols is 2. The van der Waals surface area contributed by atoms with Gasteiger partial charge in [-0.05, 0) is 12.1 Å². The van der Waals surface area contributed by atoms with Gasteiger partial charge in [-0.2, -0.15) is 13.2 Å². The topological polar surface area (TPSA) is 86.7 Å². The van der Waals surface area contributed by atoms with Gasteiger partial charge in [-0.1, -0.05) is 0 Å². The summed E-state index contributed by atoms with van der Waals surface area (Å²) in [6.45, 7) is -0.500. The number of aliphatic hydroxyl groups excluding tert-OH is 1. The van der Waals surface area contributed by atoms with Gasteiger partial charge in [-0.15, -0.1) is 0 Å². The standard InChI is InChI=1S/C9H10F3NO3/c10-9(11,12)4-1-2-5(14)8(16)7(4)6(15)3-13/h1-2,6,14-16H,3,13H2. The Bertz CT molecular complexity index is 392. The van der Waals surface area contributed by atoms with Gasteiger partial charge in [-0.25, -0.2) is 0 Å². The second-order valence-electron chi connectivity index (χ2n) is 3.14. The molecule has 4 nitrogen and oxygen atoms in total. The zero-order valence-corrected chi connectivity index (χ0v) is 7.99. The molecule has 5 N–H and O–H groups in total. The third kappa shape index (κ3) is 2.20. The normalized spacial score (nSPS) is 13.8. The molecule has 1 aromatic carbocycles. The van der Waals surface area contributed by atoms with Crippen LogP contribution in [0.4, 0.5) is 13.2 Å². The van der Waals surface area contributed by atoms with E-state index < -0.39 is 41.5 Å². The minimum absolute atomic E-state index is 0.500. The predicted molar refractivity (Wildman–Crippen MR) is 48.8 cm³/mol. The summed E-state index contributed by atoms with van der Waals surface area (Å²) in [6, 6.07) is 1.27. The molecule has 90 valence electrons. The molecule has 7 heteroatoms. The minimum Gasteiger partial charge on any atom is -0.504 e. The number of rotatable bonds is 2.